The molecule has 0 atom stereocenters. The molecule has 1 aromatic carbocycles. The average molecular weight is 620 g/mol. The lowest BCUT2D eigenvalue weighted by Crippen LogP contribution is -2.47. The van der Waals surface area contributed by atoms with Gasteiger partial charge in [0.05, 0.1) is 0 Å². The fraction of sp³-hybridized carbons (Fsp3) is 0.517. The number of benzene rings is 1. The first-order chi connectivity index (χ1) is 19.8. The molecule has 0 aliphatic heterocycles. The molecule has 2 heterocycles. The molecule has 0 bridgehead atoms. The van der Waals surface area contributed by atoms with Gasteiger partial charge in [0.1, 0.15) is 5.69 Å². The zero-order valence-electron chi connectivity index (χ0n) is 25.2. The van der Waals surface area contributed by atoms with Crippen molar-refractivity contribution < 1.29 is 14.3 Å². The van der Waals surface area contributed by atoms with Crippen LogP contribution in [0.25, 0.3) is 11.3 Å². The van der Waals surface area contributed by atoms with E-state index in [2.05, 4.69) is 27.5 Å². The van der Waals surface area contributed by atoms with Crippen LogP contribution in [0.15, 0.2) is 41.2 Å². The highest BCUT2D eigenvalue weighted by molar-refractivity contribution is 8.13. The zero-order valence-corrected chi connectivity index (χ0v) is 26.8. The van der Waals surface area contributed by atoms with Crippen molar-refractivity contribution >= 4 is 34.7 Å². The Morgan fingerprint density at radius 1 is 1.07 bits per heavy atom. The normalized spacial score (nSPS) is 11.1. The van der Waals surface area contributed by atoms with Crippen molar-refractivity contribution in [3.63, 3.8) is 0 Å². The maximum atomic E-state index is 12.1. The van der Waals surface area contributed by atoms with Gasteiger partial charge in [-0.1, -0.05) is 94.8 Å². The van der Waals surface area contributed by atoms with Crippen LogP contribution in [-0.2, 0) is 0 Å². The molecule has 0 aliphatic carbocycles. The molecule has 0 fully saturated rings. The summed E-state index contributed by atoms with van der Waals surface area (Å²) in [5.74, 6) is 6.99. The van der Waals surface area contributed by atoms with Crippen LogP contribution in [0, 0.1) is 0 Å². The van der Waals surface area contributed by atoms with Crippen molar-refractivity contribution in [2.75, 3.05) is 11.6 Å². The number of amides is 1. The van der Waals surface area contributed by atoms with Gasteiger partial charge in [-0.25, -0.2) is 14.4 Å². The second kappa shape index (κ2) is 16.9. The van der Waals surface area contributed by atoms with E-state index < -0.39 is 17.3 Å². The SMILES string of the molecule is CC(C)c1nn(C(=O)NC(C)(C)C)c(=O)n1N.CCCCCCCCSC(=O)Oc1cc(Cl)nnc1-c1ccccc1. The second-order valence-electron chi connectivity index (χ2n) is 11.0. The minimum Gasteiger partial charge on any atom is -0.416 e. The van der Waals surface area contributed by atoms with E-state index in [0.717, 1.165) is 33.5 Å². The summed E-state index contributed by atoms with van der Waals surface area (Å²) >= 11 is 7.10. The molecule has 0 radical (unpaired) electrons. The first-order valence-corrected chi connectivity index (χ1v) is 15.4. The molecule has 0 spiro atoms. The monoisotopic (exact) mass is 619 g/mol. The van der Waals surface area contributed by atoms with Gasteiger partial charge in [0.2, 0.25) is 0 Å². The van der Waals surface area contributed by atoms with E-state index in [-0.39, 0.29) is 16.4 Å². The van der Waals surface area contributed by atoms with Crippen molar-refractivity contribution in [3.05, 3.63) is 57.9 Å². The molecule has 3 aromatic rings. The number of carbonyl (C=O) groups is 2. The number of ether oxygens (including phenoxy) is 1. The Labute approximate surface area is 256 Å². The van der Waals surface area contributed by atoms with Crippen molar-refractivity contribution in [2.45, 2.75) is 91.5 Å². The van der Waals surface area contributed by atoms with E-state index in [1.165, 1.54) is 43.5 Å². The first-order valence-electron chi connectivity index (χ1n) is 14.1. The summed E-state index contributed by atoms with van der Waals surface area (Å²) in [6.45, 7) is 11.3. The minimum atomic E-state index is -0.643. The quantitative estimate of drug-likeness (QED) is 0.145. The highest BCUT2D eigenvalue weighted by Crippen LogP contribution is 2.30. The fourth-order valence-corrected chi connectivity index (χ4v) is 4.48. The Balaban J connectivity index is 0.000000317. The van der Waals surface area contributed by atoms with Crippen LogP contribution in [-0.4, -0.2) is 47.3 Å². The summed E-state index contributed by atoms with van der Waals surface area (Å²) in [4.78, 5) is 35.6. The van der Waals surface area contributed by atoms with Crippen molar-refractivity contribution in [1.29, 1.82) is 0 Å². The van der Waals surface area contributed by atoms with Crippen LogP contribution >= 0.6 is 23.4 Å². The molecule has 11 nitrogen and oxygen atoms in total. The third-order valence-corrected chi connectivity index (χ3v) is 6.71. The van der Waals surface area contributed by atoms with E-state index in [9.17, 15) is 14.4 Å². The van der Waals surface area contributed by atoms with Gasteiger partial charge in [0, 0.05) is 28.8 Å². The number of hydrogen-bond acceptors (Lipinski definition) is 9. The predicted molar refractivity (Wildman–Crippen MR) is 169 cm³/mol. The summed E-state index contributed by atoms with van der Waals surface area (Å²) in [5, 5.41) is 14.4. The summed E-state index contributed by atoms with van der Waals surface area (Å²) < 4.78 is 7.11. The Morgan fingerprint density at radius 2 is 1.71 bits per heavy atom. The number of unbranched alkanes of at least 4 members (excludes halogenated alkanes) is 5. The first kappa shape index (κ1) is 34.8. The lowest BCUT2D eigenvalue weighted by Gasteiger charge is -2.19. The van der Waals surface area contributed by atoms with Gasteiger partial charge in [-0.05, 0) is 39.0 Å². The molecule has 230 valence electrons. The largest absolute Gasteiger partial charge is 0.416 e. The fourth-order valence-electron chi connectivity index (χ4n) is 3.68. The van der Waals surface area contributed by atoms with Crippen molar-refractivity contribution in [2.24, 2.45) is 0 Å². The van der Waals surface area contributed by atoms with Gasteiger partial charge in [-0.15, -0.1) is 20.0 Å². The smallest absolute Gasteiger partial charge is 0.373 e. The Hall–Kier alpha value is -3.38. The van der Waals surface area contributed by atoms with Crippen molar-refractivity contribution in [1.82, 2.24) is 30.0 Å². The number of hydrogen-bond donors (Lipinski definition) is 2. The number of nitrogens with two attached hydrogens (primary N) is 1. The Bertz CT molecular complexity index is 1350. The van der Waals surface area contributed by atoms with Crippen LogP contribution in [0.3, 0.4) is 0 Å². The highest BCUT2D eigenvalue weighted by atomic mass is 35.5. The molecule has 3 rings (SSSR count). The molecule has 0 saturated heterocycles. The molecule has 13 heteroatoms. The van der Waals surface area contributed by atoms with Crippen LogP contribution in [0.2, 0.25) is 5.15 Å². The molecule has 3 N–H and O–H groups in total. The van der Waals surface area contributed by atoms with E-state index in [1.807, 2.05) is 65.0 Å². The molecule has 0 saturated carbocycles. The number of nitrogen functional groups attached to an aromatic ring is 1. The van der Waals surface area contributed by atoms with E-state index in [0.29, 0.717) is 17.3 Å². The topological polar surface area (TPSA) is 147 Å². The molecule has 0 unspecified atom stereocenters. The highest BCUT2D eigenvalue weighted by Gasteiger charge is 2.22. The van der Waals surface area contributed by atoms with Gasteiger partial charge in [-0.2, -0.15) is 4.68 Å². The average Bonchev–Trinajstić information content (AvgIpc) is 3.22. The van der Waals surface area contributed by atoms with Crippen LogP contribution in [0.4, 0.5) is 9.59 Å². The number of halogens is 1. The molecular weight excluding hydrogens is 578 g/mol. The van der Waals surface area contributed by atoms with Crippen LogP contribution in [0.1, 0.15) is 91.8 Å². The van der Waals surface area contributed by atoms with Gasteiger partial charge >= 0.3 is 17.0 Å². The van der Waals surface area contributed by atoms with E-state index >= 15 is 0 Å². The lowest BCUT2D eigenvalue weighted by molar-refractivity contribution is 0.226. The van der Waals surface area contributed by atoms with Crippen LogP contribution < -0.4 is 21.6 Å². The summed E-state index contributed by atoms with van der Waals surface area (Å²) in [5.41, 5.74) is 0.261. The van der Waals surface area contributed by atoms with Gasteiger partial charge in [-0.3, -0.25) is 0 Å². The van der Waals surface area contributed by atoms with E-state index in [4.69, 9.17) is 22.2 Å². The number of thioether (sulfide) groups is 1. The molecular formula is C29H42ClN7O4S. The number of rotatable bonds is 10. The van der Waals surface area contributed by atoms with E-state index in [1.54, 1.807) is 0 Å². The number of aromatic nitrogens is 5. The standard InChI is InChI=1S/C19H23ClN2O2S.C10H19N5O2/c1-2-3-4-5-6-10-13-25-19(23)24-16-14-17(20)21-22-18(16)15-11-8-7-9-12-15;1-6(2)7-13-15(9(17)14(7)11)8(16)12-10(3,4)5/h7-9,11-12,14H,2-6,10,13H2,1H3;6H,11H2,1-5H3,(H,12,16). The molecule has 1 amide bonds. The predicted octanol–water partition coefficient (Wildman–Crippen LogP) is 6.63. The molecule has 2 aromatic heterocycles. The zero-order chi connectivity index (χ0) is 31.3. The van der Waals surface area contributed by atoms with Gasteiger partial charge < -0.3 is 15.9 Å². The maximum absolute atomic E-state index is 12.1. The maximum Gasteiger partial charge on any atom is 0.373 e. The summed E-state index contributed by atoms with van der Waals surface area (Å²) in [7, 11) is 0. The van der Waals surface area contributed by atoms with Gasteiger partial charge in [0.15, 0.2) is 16.7 Å². The Morgan fingerprint density at radius 3 is 2.31 bits per heavy atom. The summed E-state index contributed by atoms with van der Waals surface area (Å²) in [6.07, 6.45) is 7.20. The molecule has 0 aliphatic rings. The second-order valence-corrected chi connectivity index (χ2v) is 12.4. The summed E-state index contributed by atoms with van der Waals surface area (Å²) in [6, 6.07) is 10.4. The van der Waals surface area contributed by atoms with Crippen LogP contribution in [0.5, 0.6) is 5.75 Å². The van der Waals surface area contributed by atoms with Crippen molar-refractivity contribution in [3.8, 4) is 17.0 Å². The number of nitrogens with zero attached hydrogens (tertiary/aromatic N) is 5. The number of nitrogens with one attached hydrogen (secondary N) is 1. The minimum absolute atomic E-state index is 0.0311. The van der Waals surface area contributed by atoms with Gasteiger partial charge in [0.25, 0.3) is 0 Å². The third-order valence-electron chi connectivity index (χ3n) is 5.71. The lowest BCUT2D eigenvalue weighted by atomic mass is 10.1. The third kappa shape index (κ3) is 11.5. The number of carbonyl (C=O) groups excluding carboxylic acids is 2. The molecule has 42 heavy (non-hydrogen) atoms. The Kier molecular flexibility index (Phi) is 14.0.